The fourth-order valence-corrected chi connectivity index (χ4v) is 2.98. The number of anilines is 1. The second kappa shape index (κ2) is 6.19. The van der Waals surface area contributed by atoms with Crippen molar-refractivity contribution in [1.82, 2.24) is 0 Å². The lowest BCUT2D eigenvalue weighted by Crippen LogP contribution is -1.97. The normalized spacial score (nSPS) is 10.5. The number of benzene rings is 1. The van der Waals surface area contributed by atoms with Crippen LogP contribution in [0.3, 0.4) is 0 Å². The van der Waals surface area contributed by atoms with Gasteiger partial charge < -0.3 is 10.4 Å². The first-order chi connectivity index (χ1) is 8.28. The molecule has 90 valence electrons. The van der Waals surface area contributed by atoms with Crippen molar-refractivity contribution in [2.24, 2.45) is 0 Å². The van der Waals surface area contributed by atoms with Gasteiger partial charge in [-0.15, -0.1) is 11.3 Å². The van der Waals surface area contributed by atoms with E-state index in [1.54, 1.807) is 11.3 Å². The van der Waals surface area contributed by atoms with Gasteiger partial charge in [0.2, 0.25) is 0 Å². The third kappa shape index (κ3) is 3.84. The SMILES string of the molecule is OCCc1ccc(NCc2ccc(Br)s2)cc1. The molecule has 0 unspecified atom stereocenters. The van der Waals surface area contributed by atoms with Crippen molar-refractivity contribution in [1.29, 1.82) is 0 Å². The van der Waals surface area contributed by atoms with Crippen molar-refractivity contribution in [3.63, 3.8) is 0 Å². The van der Waals surface area contributed by atoms with E-state index in [4.69, 9.17) is 5.11 Å². The van der Waals surface area contributed by atoms with E-state index >= 15 is 0 Å². The molecule has 0 saturated heterocycles. The number of nitrogens with one attached hydrogen (secondary N) is 1. The highest BCUT2D eigenvalue weighted by atomic mass is 79.9. The molecule has 17 heavy (non-hydrogen) atoms. The average molecular weight is 312 g/mol. The summed E-state index contributed by atoms with van der Waals surface area (Å²) in [6.07, 6.45) is 0.720. The van der Waals surface area contributed by atoms with Gasteiger partial charge in [0.1, 0.15) is 0 Å². The Bertz CT molecular complexity index is 467. The number of aliphatic hydroxyl groups excluding tert-OH is 1. The number of hydrogen-bond acceptors (Lipinski definition) is 3. The van der Waals surface area contributed by atoms with Crippen molar-refractivity contribution >= 4 is 33.0 Å². The van der Waals surface area contributed by atoms with Crippen LogP contribution < -0.4 is 5.32 Å². The van der Waals surface area contributed by atoms with Gasteiger partial charge in [-0.05, 0) is 52.2 Å². The maximum atomic E-state index is 8.82. The first-order valence-electron chi connectivity index (χ1n) is 5.46. The van der Waals surface area contributed by atoms with Crippen LogP contribution in [0.1, 0.15) is 10.4 Å². The molecule has 0 saturated carbocycles. The summed E-state index contributed by atoms with van der Waals surface area (Å²) in [6.45, 7) is 1.05. The minimum absolute atomic E-state index is 0.204. The highest BCUT2D eigenvalue weighted by molar-refractivity contribution is 9.11. The Kier molecular flexibility index (Phi) is 4.59. The predicted molar refractivity (Wildman–Crippen MR) is 76.6 cm³/mol. The summed E-state index contributed by atoms with van der Waals surface area (Å²) < 4.78 is 1.16. The summed E-state index contributed by atoms with van der Waals surface area (Å²) in [5.74, 6) is 0. The van der Waals surface area contributed by atoms with Crippen LogP contribution in [-0.4, -0.2) is 11.7 Å². The number of hydrogen-bond donors (Lipinski definition) is 2. The van der Waals surface area contributed by atoms with E-state index in [-0.39, 0.29) is 6.61 Å². The fraction of sp³-hybridized carbons (Fsp3) is 0.231. The number of aliphatic hydroxyl groups is 1. The summed E-state index contributed by atoms with van der Waals surface area (Å²) >= 11 is 5.19. The van der Waals surface area contributed by atoms with Gasteiger partial charge >= 0.3 is 0 Å². The Morgan fingerprint density at radius 3 is 2.47 bits per heavy atom. The van der Waals surface area contributed by atoms with Crippen LogP contribution in [-0.2, 0) is 13.0 Å². The lowest BCUT2D eigenvalue weighted by atomic mass is 10.1. The third-order valence-electron chi connectivity index (χ3n) is 2.45. The van der Waals surface area contributed by atoms with Crippen molar-refractivity contribution in [3.05, 3.63) is 50.6 Å². The van der Waals surface area contributed by atoms with Crippen molar-refractivity contribution < 1.29 is 5.11 Å². The second-order valence-corrected chi connectivity index (χ2v) is 6.28. The number of thiophene rings is 1. The third-order valence-corrected chi connectivity index (χ3v) is 4.07. The van der Waals surface area contributed by atoms with E-state index in [9.17, 15) is 0 Å². The number of rotatable bonds is 5. The Morgan fingerprint density at radius 1 is 1.12 bits per heavy atom. The molecule has 1 aromatic carbocycles. The van der Waals surface area contributed by atoms with Crippen LogP contribution in [0.4, 0.5) is 5.69 Å². The van der Waals surface area contributed by atoms with E-state index in [1.807, 2.05) is 24.3 Å². The first kappa shape index (κ1) is 12.6. The molecular weight excluding hydrogens is 298 g/mol. The Balaban J connectivity index is 1.90. The van der Waals surface area contributed by atoms with Crippen LogP contribution in [0.15, 0.2) is 40.2 Å². The molecule has 0 amide bonds. The standard InChI is InChI=1S/C13H14BrNOS/c14-13-6-5-12(17-13)9-15-11-3-1-10(2-4-11)7-8-16/h1-6,15-16H,7-9H2. The molecule has 0 aliphatic heterocycles. The van der Waals surface area contributed by atoms with Gasteiger partial charge in [0.05, 0.1) is 3.79 Å². The molecule has 2 rings (SSSR count). The van der Waals surface area contributed by atoms with E-state index < -0.39 is 0 Å². The monoisotopic (exact) mass is 311 g/mol. The summed E-state index contributed by atoms with van der Waals surface area (Å²) in [6, 6.07) is 12.4. The zero-order valence-corrected chi connectivity index (χ0v) is 11.7. The first-order valence-corrected chi connectivity index (χ1v) is 7.07. The fourth-order valence-electron chi connectivity index (χ4n) is 1.55. The van der Waals surface area contributed by atoms with E-state index in [0.717, 1.165) is 28.0 Å². The summed E-state index contributed by atoms with van der Waals surface area (Å²) in [4.78, 5) is 1.30. The second-order valence-electron chi connectivity index (χ2n) is 3.73. The molecular formula is C13H14BrNOS. The molecule has 1 heterocycles. The summed E-state index contributed by atoms with van der Waals surface area (Å²) in [7, 11) is 0. The molecule has 0 aliphatic carbocycles. The Morgan fingerprint density at radius 2 is 1.88 bits per heavy atom. The maximum Gasteiger partial charge on any atom is 0.0702 e. The molecule has 0 aliphatic rings. The van der Waals surface area contributed by atoms with Crippen LogP contribution in [0.5, 0.6) is 0 Å². The maximum absolute atomic E-state index is 8.82. The van der Waals surface area contributed by atoms with Crippen molar-refractivity contribution in [2.45, 2.75) is 13.0 Å². The molecule has 2 aromatic rings. The van der Waals surface area contributed by atoms with Crippen LogP contribution in [0, 0.1) is 0 Å². The van der Waals surface area contributed by atoms with Crippen molar-refractivity contribution in [2.75, 3.05) is 11.9 Å². The van der Waals surface area contributed by atoms with Crippen LogP contribution in [0.2, 0.25) is 0 Å². The molecule has 1 aromatic heterocycles. The largest absolute Gasteiger partial charge is 0.396 e. The molecule has 2 nitrogen and oxygen atoms in total. The molecule has 0 bridgehead atoms. The highest BCUT2D eigenvalue weighted by Gasteiger charge is 1.98. The summed E-state index contributed by atoms with van der Waals surface area (Å²) in [5.41, 5.74) is 2.27. The Labute approximate surface area is 113 Å². The molecule has 0 radical (unpaired) electrons. The van der Waals surface area contributed by atoms with Gasteiger partial charge in [-0.2, -0.15) is 0 Å². The quantitative estimate of drug-likeness (QED) is 0.883. The lowest BCUT2D eigenvalue weighted by Gasteiger charge is -2.05. The molecule has 0 spiro atoms. The van der Waals surface area contributed by atoms with Gasteiger partial charge in [-0.25, -0.2) is 0 Å². The van der Waals surface area contributed by atoms with Crippen LogP contribution in [0.25, 0.3) is 0 Å². The Hall–Kier alpha value is -0.840. The smallest absolute Gasteiger partial charge is 0.0702 e. The topological polar surface area (TPSA) is 32.3 Å². The van der Waals surface area contributed by atoms with Gasteiger partial charge in [-0.3, -0.25) is 0 Å². The van der Waals surface area contributed by atoms with Gasteiger partial charge in [0.15, 0.2) is 0 Å². The van der Waals surface area contributed by atoms with Crippen molar-refractivity contribution in [3.8, 4) is 0 Å². The molecule has 0 atom stereocenters. The lowest BCUT2D eigenvalue weighted by molar-refractivity contribution is 0.299. The van der Waals surface area contributed by atoms with E-state index in [1.165, 1.54) is 4.88 Å². The zero-order valence-electron chi connectivity index (χ0n) is 9.32. The number of halogens is 1. The van der Waals surface area contributed by atoms with E-state index in [0.29, 0.717) is 0 Å². The minimum atomic E-state index is 0.204. The summed E-state index contributed by atoms with van der Waals surface area (Å²) in [5, 5.41) is 12.2. The van der Waals surface area contributed by atoms with Gasteiger partial charge in [0, 0.05) is 23.7 Å². The molecule has 0 fully saturated rings. The van der Waals surface area contributed by atoms with E-state index in [2.05, 4.69) is 33.4 Å². The molecule has 4 heteroatoms. The highest BCUT2D eigenvalue weighted by Crippen LogP contribution is 2.23. The minimum Gasteiger partial charge on any atom is -0.396 e. The van der Waals surface area contributed by atoms with Gasteiger partial charge in [-0.1, -0.05) is 12.1 Å². The zero-order chi connectivity index (χ0) is 12.1. The van der Waals surface area contributed by atoms with Crippen LogP contribution >= 0.6 is 27.3 Å². The predicted octanol–water partition coefficient (Wildman–Crippen LogP) is 3.66. The van der Waals surface area contributed by atoms with Gasteiger partial charge in [0.25, 0.3) is 0 Å². The average Bonchev–Trinajstić information content (AvgIpc) is 2.75. The molecule has 2 N–H and O–H groups in total.